The summed E-state index contributed by atoms with van der Waals surface area (Å²) < 4.78 is 0. The zero-order valence-corrected chi connectivity index (χ0v) is 11.3. The number of rotatable bonds is 7. The van der Waals surface area contributed by atoms with Crippen molar-refractivity contribution in [1.29, 1.82) is 0 Å². The van der Waals surface area contributed by atoms with Crippen LogP contribution in [0, 0.1) is 0 Å². The molecule has 2 atom stereocenters. The maximum absolute atomic E-state index is 12.3. The summed E-state index contributed by atoms with van der Waals surface area (Å²) in [4.78, 5) is 22.8. The minimum atomic E-state index is -0.821. The quantitative estimate of drug-likeness (QED) is 0.641. The Hall–Kier alpha value is -1.10. The molecule has 0 aromatic carbocycles. The summed E-state index contributed by atoms with van der Waals surface area (Å²) in [5.41, 5.74) is -0.424. The molecule has 18 heavy (non-hydrogen) atoms. The number of carboxylic acids is 1. The maximum atomic E-state index is 12.3. The van der Waals surface area contributed by atoms with Gasteiger partial charge < -0.3 is 15.7 Å². The van der Waals surface area contributed by atoms with Gasteiger partial charge in [-0.05, 0) is 39.2 Å². The van der Waals surface area contributed by atoms with Gasteiger partial charge >= 0.3 is 5.97 Å². The fraction of sp³-hybridized carbons (Fsp3) is 0.846. The smallest absolute Gasteiger partial charge is 0.303 e. The lowest BCUT2D eigenvalue weighted by atomic mass is 9.90. The average molecular weight is 256 g/mol. The second-order valence-electron chi connectivity index (χ2n) is 5.17. The summed E-state index contributed by atoms with van der Waals surface area (Å²) in [5, 5.41) is 14.9. The minimum Gasteiger partial charge on any atom is -0.481 e. The van der Waals surface area contributed by atoms with Crippen LogP contribution in [0.15, 0.2) is 0 Å². The Morgan fingerprint density at radius 1 is 1.50 bits per heavy atom. The number of aliphatic carboxylic acids is 1. The summed E-state index contributed by atoms with van der Waals surface area (Å²) in [6.07, 6.45) is 4.27. The lowest BCUT2D eigenvalue weighted by Gasteiger charge is -2.29. The molecule has 1 aliphatic heterocycles. The third-order valence-electron chi connectivity index (χ3n) is 3.52. The van der Waals surface area contributed by atoms with E-state index in [1.165, 1.54) is 0 Å². The van der Waals surface area contributed by atoms with Crippen LogP contribution in [0.25, 0.3) is 0 Å². The van der Waals surface area contributed by atoms with Crippen molar-refractivity contribution in [2.45, 2.75) is 64.0 Å². The van der Waals surface area contributed by atoms with Crippen LogP contribution >= 0.6 is 0 Å². The van der Waals surface area contributed by atoms with E-state index < -0.39 is 11.5 Å². The SMILES string of the molecule is CCCC1(C(=O)NC(C)CCC(=O)O)CCCN1. The van der Waals surface area contributed by atoms with Gasteiger partial charge in [-0.2, -0.15) is 0 Å². The first kappa shape index (κ1) is 15.0. The highest BCUT2D eigenvalue weighted by atomic mass is 16.4. The third-order valence-corrected chi connectivity index (χ3v) is 3.52. The van der Waals surface area contributed by atoms with Crippen molar-refractivity contribution < 1.29 is 14.7 Å². The highest BCUT2D eigenvalue weighted by Gasteiger charge is 2.40. The van der Waals surface area contributed by atoms with Crippen molar-refractivity contribution in [2.24, 2.45) is 0 Å². The van der Waals surface area contributed by atoms with Gasteiger partial charge in [0, 0.05) is 12.5 Å². The predicted molar refractivity (Wildman–Crippen MR) is 69.4 cm³/mol. The van der Waals surface area contributed by atoms with Crippen LogP contribution in [-0.2, 0) is 9.59 Å². The molecule has 2 unspecified atom stereocenters. The van der Waals surface area contributed by atoms with Crippen LogP contribution in [-0.4, -0.2) is 35.1 Å². The third kappa shape index (κ3) is 3.98. The normalized spacial score (nSPS) is 24.8. The zero-order valence-electron chi connectivity index (χ0n) is 11.3. The Bertz CT molecular complexity index is 299. The number of amides is 1. The van der Waals surface area contributed by atoms with Crippen molar-refractivity contribution in [1.82, 2.24) is 10.6 Å². The first-order valence-corrected chi connectivity index (χ1v) is 6.78. The van der Waals surface area contributed by atoms with Gasteiger partial charge in [-0.3, -0.25) is 9.59 Å². The van der Waals surface area contributed by atoms with Crippen LogP contribution in [0.3, 0.4) is 0 Å². The molecule has 1 fully saturated rings. The van der Waals surface area contributed by atoms with E-state index in [1.54, 1.807) is 0 Å². The Labute approximate surface area is 108 Å². The summed E-state index contributed by atoms with van der Waals surface area (Å²) in [5.74, 6) is -0.793. The molecule has 1 aliphatic rings. The molecular formula is C13H24N2O3. The fourth-order valence-electron chi connectivity index (χ4n) is 2.53. The molecule has 1 amide bonds. The van der Waals surface area contributed by atoms with E-state index in [1.807, 2.05) is 6.92 Å². The van der Waals surface area contributed by atoms with Crippen LogP contribution in [0.1, 0.15) is 52.4 Å². The molecule has 1 rings (SSSR count). The van der Waals surface area contributed by atoms with Crippen LogP contribution < -0.4 is 10.6 Å². The van der Waals surface area contributed by atoms with Gasteiger partial charge in [-0.1, -0.05) is 13.3 Å². The van der Waals surface area contributed by atoms with E-state index in [0.717, 1.165) is 32.2 Å². The van der Waals surface area contributed by atoms with Crippen LogP contribution in [0.5, 0.6) is 0 Å². The first-order chi connectivity index (χ1) is 8.50. The first-order valence-electron chi connectivity index (χ1n) is 6.78. The van der Waals surface area contributed by atoms with Crippen LogP contribution in [0.2, 0.25) is 0 Å². The molecule has 5 nitrogen and oxygen atoms in total. The molecule has 0 spiro atoms. The summed E-state index contributed by atoms with van der Waals surface area (Å²) >= 11 is 0. The Balaban J connectivity index is 2.49. The summed E-state index contributed by atoms with van der Waals surface area (Å²) in [6, 6.07) is -0.0928. The van der Waals surface area contributed by atoms with E-state index >= 15 is 0 Å². The summed E-state index contributed by atoms with van der Waals surface area (Å²) in [7, 11) is 0. The average Bonchev–Trinajstić information content (AvgIpc) is 2.77. The van der Waals surface area contributed by atoms with Crippen molar-refractivity contribution in [3.05, 3.63) is 0 Å². The van der Waals surface area contributed by atoms with Crippen molar-refractivity contribution in [3.63, 3.8) is 0 Å². The molecule has 1 heterocycles. The molecule has 0 bridgehead atoms. The molecule has 0 radical (unpaired) electrons. The lowest BCUT2D eigenvalue weighted by molar-refractivity contribution is -0.137. The second kappa shape index (κ2) is 6.73. The van der Waals surface area contributed by atoms with Gasteiger partial charge in [-0.15, -0.1) is 0 Å². The lowest BCUT2D eigenvalue weighted by Crippen LogP contribution is -2.55. The second-order valence-corrected chi connectivity index (χ2v) is 5.17. The van der Waals surface area contributed by atoms with Gasteiger partial charge in [0.25, 0.3) is 0 Å². The monoisotopic (exact) mass is 256 g/mol. The number of hydrogen-bond acceptors (Lipinski definition) is 3. The largest absolute Gasteiger partial charge is 0.481 e. The highest BCUT2D eigenvalue weighted by Crippen LogP contribution is 2.25. The number of carbonyl (C=O) groups excluding carboxylic acids is 1. The standard InChI is InChI=1S/C13H24N2O3/c1-3-7-13(8-4-9-14-13)12(18)15-10(2)5-6-11(16)17/h10,14H,3-9H2,1-2H3,(H,15,18)(H,16,17). The van der Waals surface area contributed by atoms with Gasteiger partial charge in [0.2, 0.25) is 5.91 Å². The predicted octanol–water partition coefficient (Wildman–Crippen LogP) is 1.28. The van der Waals surface area contributed by atoms with E-state index in [2.05, 4.69) is 17.6 Å². The molecule has 0 saturated carbocycles. The van der Waals surface area contributed by atoms with Gasteiger partial charge in [0.1, 0.15) is 0 Å². The van der Waals surface area contributed by atoms with E-state index in [-0.39, 0.29) is 18.4 Å². The Kier molecular flexibility index (Phi) is 5.59. The topological polar surface area (TPSA) is 78.4 Å². The summed E-state index contributed by atoms with van der Waals surface area (Å²) in [6.45, 7) is 4.81. The van der Waals surface area contributed by atoms with Crippen molar-refractivity contribution >= 4 is 11.9 Å². The molecule has 0 aromatic heterocycles. The van der Waals surface area contributed by atoms with Gasteiger partial charge in [0.05, 0.1) is 5.54 Å². The minimum absolute atomic E-state index is 0.0275. The number of hydrogen-bond donors (Lipinski definition) is 3. The van der Waals surface area contributed by atoms with Crippen molar-refractivity contribution in [2.75, 3.05) is 6.54 Å². The van der Waals surface area contributed by atoms with E-state index in [4.69, 9.17) is 5.11 Å². The van der Waals surface area contributed by atoms with E-state index in [0.29, 0.717) is 6.42 Å². The zero-order chi connectivity index (χ0) is 13.6. The molecule has 3 N–H and O–H groups in total. The molecule has 0 aromatic rings. The number of carboxylic acid groups (broad SMARTS) is 1. The van der Waals surface area contributed by atoms with Crippen molar-refractivity contribution in [3.8, 4) is 0 Å². The molecule has 1 saturated heterocycles. The van der Waals surface area contributed by atoms with E-state index in [9.17, 15) is 9.59 Å². The molecular weight excluding hydrogens is 232 g/mol. The molecule has 104 valence electrons. The Morgan fingerprint density at radius 2 is 2.22 bits per heavy atom. The number of carbonyl (C=O) groups is 2. The van der Waals surface area contributed by atoms with Crippen LogP contribution in [0.4, 0.5) is 0 Å². The Morgan fingerprint density at radius 3 is 2.72 bits per heavy atom. The fourth-order valence-corrected chi connectivity index (χ4v) is 2.53. The number of nitrogens with one attached hydrogen (secondary N) is 2. The maximum Gasteiger partial charge on any atom is 0.303 e. The molecule has 0 aliphatic carbocycles. The molecule has 5 heteroatoms. The highest BCUT2D eigenvalue weighted by molar-refractivity contribution is 5.87. The van der Waals surface area contributed by atoms with Gasteiger partial charge in [-0.25, -0.2) is 0 Å². The van der Waals surface area contributed by atoms with Gasteiger partial charge in [0.15, 0.2) is 0 Å².